The van der Waals surface area contributed by atoms with Gasteiger partial charge >= 0.3 is 12.1 Å². The number of carbonyl (C=O) groups excluding carboxylic acids is 2. The number of methoxy groups -OCH3 is 1. The Morgan fingerprint density at radius 2 is 1.94 bits per heavy atom. The smallest absolute Gasteiger partial charge is 0.412 e. The number of amides is 1. The van der Waals surface area contributed by atoms with Gasteiger partial charge in [0.15, 0.2) is 0 Å². The summed E-state index contributed by atoms with van der Waals surface area (Å²) >= 11 is 0. The van der Waals surface area contributed by atoms with Crippen LogP contribution in [0.3, 0.4) is 0 Å². The SMILES string of the molecule is C/C=C(/NC(=O)OCc1ccccc1)C(=O)OC. The molecule has 0 atom stereocenters. The summed E-state index contributed by atoms with van der Waals surface area (Å²) in [4.78, 5) is 22.6. The van der Waals surface area contributed by atoms with E-state index >= 15 is 0 Å². The van der Waals surface area contributed by atoms with Crippen molar-refractivity contribution < 1.29 is 19.1 Å². The van der Waals surface area contributed by atoms with E-state index in [0.29, 0.717) is 0 Å². The van der Waals surface area contributed by atoms with Gasteiger partial charge in [-0.1, -0.05) is 36.4 Å². The van der Waals surface area contributed by atoms with Gasteiger partial charge in [0.1, 0.15) is 12.3 Å². The number of alkyl carbamates (subject to hydrolysis) is 1. The van der Waals surface area contributed by atoms with Crippen LogP contribution in [0, 0.1) is 0 Å². The van der Waals surface area contributed by atoms with Gasteiger partial charge in [0, 0.05) is 0 Å². The van der Waals surface area contributed by atoms with Crippen molar-refractivity contribution in [1.82, 2.24) is 5.32 Å². The zero-order chi connectivity index (χ0) is 13.4. The minimum Gasteiger partial charge on any atom is -0.464 e. The Balaban J connectivity index is 2.45. The first kappa shape index (κ1) is 13.8. The Labute approximate surface area is 105 Å². The first-order valence-corrected chi connectivity index (χ1v) is 5.39. The summed E-state index contributed by atoms with van der Waals surface area (Å²) in [5, 5.41) is 2.31. The van der Waals surface area contributed by atoms with Gasteiger partial charge in [-0.25, -0.2) is 9.59 Å². The summed E-state index contributed by atoms with van der Waals surface area (Å²) in [7, 11) is 1.24. The summed E-state index contributed by atoms with van der Waals surface area (Å²) in [6, 6.07) is 9.25. The number of carbonyl (C=O) groups is 2. The monoisotopic (exact) mass is 249 g/mol. The number of hydrogen-bond acceptors (Lipinski definition) is 4. The molecular formula is C13H15NO4. The molecule has 0 radical (unpaired) electrons. The Morgan fingerprint density at radius 3 is 2.50 bits per heavy atom. The fraction of sp³-hybridized carbons (Fsp3) is 0.231. The molecule has 1 amide bonds. The van der Waals surface area contributed by atoms with E-state index in [1.807, 2.05) is 30.3 Å². The van der Waals surface area contributed by atoms with Crippen molar-refractivity contribution in [1.29, 1.82) is 0 Å². The molecule has 0 bridgehead atoms. The van der Waals surface area contributed by atoms with Crippen molar-refractivity contribution in [3.05, 3.63) is 47.7 Å². The van der Waals surface area contributed by atoms with E-state index in [4.69, 9.17) is 4.74 Å². The fourth-order valence-corrected chi connectivity index (χ4v) is 1.22. The Bertz CT molecular complexity index is 440. The highest BCUT2D eigenvalue weighted by atomic mass is 16.6. The van der Waals surface area contributed by atoms with Crippen LogP contribution in [-0.2, 0) is 20.9 Å². The lowest BCUT2D eigenvalue weighted by Gasteiger charge is -2.08. The third kappa shape index (κ3) is 4.29. The molecule has 5 nitrogen and oxygen atoms in total. The third-order valence-electron chi connectivity index (χ3n) is 2.14. The van der Waals surface area contributed by atoms with E-state index in [2.05, 4.69) is 10.1 Å². The second kappa shape index (κ2) is 7.11. The van der Waals surface area contributed by atoms with E-state index in [1.54, 1.807) is 6.92 Å². The highest BCUT2D eigenvalue weighted by Gasteiger charge is 2.12. The zero-order valence-corrected chi connectivity index (χ0v) is 10.3. The van der Waals surface area contributed by atoms with Gasteiger partial charge in [-0.05, 0) is 12.5 Å². The first-order valence-electron chi connectivity index (χ1n) is 5.39. The number of ether oxygens (including phenoxy) is 2. The van der Waals surface area contributed by atoms with Gasteiger partial charge in [0.2, 0.25) is 0 Å². The molecule has 0 aliphatic carbocycles. The van der Waals surface area contributed by atoms with Crippen molar-refractivity contribution in [2.75, 3.05) is 7.11 Å². The Morgan fingerprint density at radius 1 is 1.28 bits per heavy atom. The van der Waals surface area contributed by atoms with E-state index < -0.39 is 12.1 Å². The molecule has 1 rings (SSSR count). The van der Waals surface area contributed by atoms with Gasteiger partial charge in [-0.3, -0.25) is 5.32 Å². The van der Waals surface area contributed by atoms with Gasteiger partial charge < -0.3 is 9.47 Å². The molecule has 0 fully saturated rings. The largest absolute Gasteiger partial charge is 0.464 e. The van der Waals surface area contributed by atoms with Crippen LogP contribution < -0.4 is 5.32 Å². The summed E-state index contributed by atoms with van der Waals surface area (Å²) in [6.07, 6.45) is 0.743. The van der Waals surface area contributed by atoms with Gasteiger partial charge in [-0.15, -0.1) is 0 Å². The lowest BCUT2D eigenvalue weighted by Crippen LogP contribution is -2.28. The predicted molar refractivity (Wildman–Crippen MR) is 65.5 cm³/mol. The molecule has 0 saturated carbocycles. The second-order valence-corrected chi connectivity index (χ2v) is 3.38. The summed E-state index contributed by atoms with van der Waals surface area (Å²) in [5.41, 5.74) is 0.920. The van der Waals surface area contributed by atoms with E-state index in [-0.39, 0.29) is 12.3 Å². The van der Waals surface area contributed by atoms with Crippen LogP contribution in [0.4, 0.5) is 4.79 Å². The minimum absolute atomic E-state index is 0.0514. The lowest BCUT2D eigenvalue weighted by molar-refractivity contribution is -0.136. The topological polar surface area (TPSA) is 64.6 Å². The van der Waals surface area contributed by atoms with E-state index in [9.17, 15) is 9.59 Å². The average Bonchev–Trinajstić information content (AvgIpc) is 2.42. The molecular weight excluding hydrogens is 234 g/mol. The van der Waals surface area contributed by atoms with Crippen molar-refractivity contribution >= 4 is 12.1 Å². The van der Waals surface area contributed by atoms with Gasteiger partial charge in [-0.2, -0.15) is 0 Å². The van der Waals surface area contributed by atoms with Crippen LogP contribution >= 0.6 is 0 Å². The average molecular weight is 249 g/mol. The molecule has 0 spiro atoms. The summed E-state index contributed by atoms with van der Waals surface area (Å²) in [5.74, 6) is -0.617. The minimum atomic E-state index is -0.697. The molecule has 0 saturated heterocycles. The number of allylic oxidation sites excluding steroid dienone is 1. The lowest BCUT2D eigenvalue weighted by atomic mass is 10.2. The van der Waals surface area contributed by atoms with E-state index in [1.165, 1.54) is 13.2 Å². The number of benzene rings is 1. The molecule has 1 N–H and O–H groups in total. The molecule has 0 aliphatic rings. The number of rotatable bonds is 4. The Hall–Kier alpha value is -2.30. The normalized spacial score (nSPS) is 10.7. The number of hydrogen-bond donors (Lipinski definition) is 1. The molecule has 0 aromatic heterocycles. The van der Waals surface area contributed by atoms with Crippen molar-refractivity contribution in [2.24, 2.45) is 0 Å². The van der Waals surface area contributed by atoms with Crippen LogP contribution in [0.5, 0.6) is 0 Å². The summed E-state index contributed by atoms with van der Waals surface area (Å²) in [6.45, 7) is 1.76. The van der Waals surface area contributed by atoms with Crippen molar-refractivity contribution in [2.45, 2.75) is 13.5 Å². The van der Waals surface area contributed by atoms with Crippen molar-refractivity contribution in [3.8, 4) is 0 Å². The molecule has 0 unspecified atom stereocenters. The molecule has 96 valence electrons. The number of esters is 1. The highest BCUT2D eigenvalue weighted by molar-refractivity contribution is 5.91. The van der Waals surface area contributed by atoms with Crippen molar-refractivity contribution in [3.63, 3.8) is 0 Å². The molecule has 5 heteroatoms. The van der Waals surface area contributed by atoms with Gasteiger partial charge in [0.25, 0.3) is 0 Å². The van der Waals surface area contributed by atoms with Crippen LogP contribution in [0.25, 0.3) is 0 Å². The van der Waals surface area contributed by atoms with Gasteiger partial charge in [0.05, 0.1) is 7.11 Å². The van der Waals surface area contributed by atoms with Crippen LogP contribution in [-0.4, -0.2) is 19.2 Å². The molecule has 1 aromatic rings. The number of nitrogens with one attached hydrogen (secondary N) is 1. The van der Waals surface area contributed by atoms with Crippen LogP contribution in [0.1, 0.15) is 12.5 Å². The van der Waals surface area contributed by atoms with Crippen LogP contribution in [0.2, 0.25) is 0 Å². The maximum atomic E-state index is 11.4. The van der Waals surface area contributed by atoms with Crippen LogP contribution in [0.15, 0.2) is 42.1 Å². The molecule has 0 heterocycles. The first-order chi connectivity index (χ1) is 8.67. The maximum Gasteiger partial charge on any atom is 0.412 e. The zero-order valence-electron chi connectivity index (χ0n) is 10.3. The molecule has 18 heavy (non-hydrogen) atoms. The quantitative estimate of drug-likeness (QED) is 0.654. The fourth-order valence-electron chi connectivity index (χ4n) is 1.22. The molecule has 1 aromatic carbocycles. The standard InChI is InChI=1S/C13H15NO4/c1-3-11(12(15)17-2)14-13(16)18-9-10-7-5-4-6-8-10/h3-8H,9H2,1-2H3,(H,14,16)/b11-3+. The Kier molecular flexibility index (Phi) is 5.44. The summed E-state index contributed by atoms with van der Waals surface area (Å²) < 4.78 is 9.45. The highest BCUT2D eigenvalue weighted by Crippen LogP contribution is 2.01. The predicted octanol–water partition coefficient (Wildman–Crippen LogP) is 1.99. The van der Waals surface area contributed by atoms with E-state index in [0.717, 1.165) is 5.56 Å². The molecule has 0 aliphatic heterocycles. The third-order valence-corrected chi connectivity index (χ3v) is 2.14. The maximum absolute atomic E-state index is 11.4. The second-order valence-electron chi connectivity index (χ2n) is 3.38.